The van der Waals surface area contributed by atoms with E-state index in [2.05, 4.69) is 16.5 Å². The highest BCUT2D eigenvalue weighted by Gasteiger charge is 2.14. The average Bonchev–Trinajstić information content (AvgIpc) is 2.90. The zero-order valence-corrected chi connectivity index (χ0v) is 10.7. The molecule has 0 bridgehead atoms. The summed E-state index contributed by atoms with van der Waals surface area (Å²) in [6.07, 6.45) is 2.17. The molecule has 0 atom stereocenters. The van der Waals surface area contributed by atoms with E-state index in [4.69, 9.17) is 4.52 Å². The lowest BCUT2D eigenvalue weighted by Crippen LogP contribution is -2.32. The first-order valence-electron chi connectivity index (χ1n) is 5.36. The molecule has 17 heavy (non-hydrogen) atoms. The number of rotatable bonds is 3. The van der Waals surface area contributed by atoms with Crippen LogP contribution in [0.4, 0.5) is 10.7 Å². The van der Waals surface area contributed by atoms with Gasteiger partial charge in [-0.2, -0.15) is 11.8 Å². The number of likely N-dealkylation sites (N-methyl/N-ethyl adjacent to an activating group) is 1. The maximum Gasteiger partial charge on any atom is 0.324 e. The molecule has 1 N–H and O–H groups in total. The highest BCUT2D eigenvalue weighted by Crippen LogP contribution is 2.17. The maximum absolute atomic E-state index is 11.8. The van der Waals surface area contributed by atoms with Crippen LogP contribution in [0.2, 0.25) is 0 Å². The number of thioether (sulfide) groups is 1. The van der Waals surface area contributed by atoms with Gasteiger partial charge in [-0.1, -0.05) is 11.2 Å². The molecular weight excluding hydrogens is 238 g/mol. The number of hydrogen-bond acceptors (Lipinski definition) is 4. The third kappa shape index (κ3) is 3.26. The van der Waals surface area contributed by atoms with Gasteiger partial charge in [-0.25, -0.2) is 4.79 Å². The largest absolute Gasteiger partial charge is 0.338 e. The minimum absolute atomic E-state index is 0.182. The monoisotopic (exact) mass is 253 g/mol. The summed E-state index contributed by atoms with van der Waals surface area (Å²) in [7, 11) is 1.77. The van der Waals surface area contributed by atoms with Gasteiger partial charge in [-0.05, 0) is 12.5 Å². The van der Waals surface area contributed by atoms with Crippen LogP contribution in [0.5, 0.6) is 0 Å². The number of amides is 2. The molecule has 92 valence electrons. The molecule has 2 heterocycles. The third-order valence-electron chi connectivity index (χ3n) is 2.42. The summed E-state index contributed by atoms with van der Waals surface area (Å²) in [4.78, 5) is 13.4. The molecule has 1 aromatic heterocycles. The van der Waals surface area contributed by atoms with Crippen LogP contribution in [0, 0.1) is 6.92 Å². The molecule has 5 nitrogen and oxygen atoms in total. The molecule has 0 saturated carbocycles. The van der Waals surface area contributed by atoms with E-state index >= 15 is 0 Å². The number of nitrogens with zero attached hydrogens (tertiary/aromatic N) is 2. The second-order valence-electron chi connectivity index (χ2n) is 4.00. The second kappa shape index (κ2) is 5.27. The molecule has 0 spiro atoms. The lowest BCUT2D eigenvalue weighted by Gasteiger charge is -2.17. The van der Waals surface area contributed by atoms with Gasteiger partial charge < -0.3 is 9.42 Å². The number of hydrogen-bond donors (Lipinski definition) is 1. The first kappa shape index (κ1) is 12.0. The highest BCUT2D eigenvalue weighted by molar-refractivity contribution is 7.99. The van der Waals surface area contributed by atoms with Gasteiger partial charge in [0.2, 0.25) is 5.88 Å². The van der Waals surface area contributed by atoms with E-state index in [1.807, 2.05) is 18.7 Å². The molecular formula is C11H15N3O2S. The summed E-state index contributed by atoms with van der Waals surface area (Å²) in [6, 6.07) is 1.51. The zero-order valence-electron chi connectivity index (χ0n) is 9.90. The minimum Gasteiger partial charge on any atom is -0.338 e. The number of urea groups is 1. The van der Waals surface area contributed by atoms with E-state index < -0.39 is 0 Å². The number of nitrogens with one attached hydrogen (secondary N) is 1. The Morgan fingerprint density at radius 3 is 3.12 bits per heavy atom. The fraction of sp³-hybridized carbons (Fsp3) is 0.455. The van der Waals surface area contributed by atoms with Gasteiger partial charge in [0, 0.05) is 31.2 Å². The molecule has 2 amide bonds. The van der Waals surface area contributed by atoms with Crippen LogP contribution in [0.3, 0.4) is 0 Å². The smallest absolute Gasteiger partial charge is 0.324 e. The Hall–Kier alpha value is -1.43. The molecule has 6 heteroatoms. The van der Waals surface area contributed by atoms with Crippen LogP contribution in [0.1, 0.15) is 5.69 Å². The van der Waals surface area contributed by atoms with E-state index in [1.165, 1.54) is 5.57 Å². The highest BCUT2D eigenvalue weighted by atomic mass is 32.2. The molecule has 1 aliphatic heterocycles. The molecule has 0 unspecified atom stereocenters. The van der Waals surface area contributed by atoms with Gasteiger partial charge in [0.05, 0.1) is 5.69 Å². The van der Waals surface area contributed by atoms with Gasteiger partial charge in [0.15, 0.2) is 0 Å². The van der Waals surface area contributed by atoms with Gasteiger partial charge >= 0.3 is 6.03 Å². The van der Waals surface area contributed by atoms with Crippen LogP contribution in [0.15, 0.2) is 22.2 Å². The molecule has 0 fully saturated rings. The number of carbonyl (C=O) groups excluding carboxylic acids is 1. The van der Waals surface area contributed by atoms with Gasteiger partial charge in [0.25, 0.3) is 0 Å². The Kier molecular flexibility index (Phi) is 3.73. The predicted octanol–water partition coefficient (Wildman–Crippen LogP) is 2.12. The average molecular weight is 253 g/mol. The van der Waals surface area contributed by atoms with Crippen LogP contribution in [0.25, 0.3) is 0 Å². The Balaban J connectivity index is 1.86. The molecule has 0 radical (unpaired) electrons. The van der Waals surface area contributed by atoms with Crippen LogP contribution in [-0.2, 0) is 0 Å². The van der Waals surface area contributed by atoms with Crippen molar-refractivity contribution in [2.45, 2.75) is 6.92 Å². The first-order chi connectivity index (χ1) is 8.15. The first-order valence-corrected chi connectivity index (χ1v) is 6.51. The number of carbonyl (C=O) groups is 1. The number of anilines is 1. The minimum atomic E-state index is -0.182. The molecule has 1 aliphatic rings. The van der Waals surface area contributed by atoms with Crippen molar-refractivity contribution in [3.8, 4) is 0 Å². The van der Waals surface area contributed by atoms with Gasteiger partial charge in [-0.3, -0.25) is 5.32 Å². The van der Waals surface area contributed by atoms with Crippen LogP contribution < -0.4 is 5.32 Å². The van der Waals surface area contributed by atoms with Crippen molar-refractivity contribution in [2.24, 2.45) is 0 Å². The van der Waals surface area contributed by atoms with E-state index in [-0.39, 0.29) is 6.03 Å². The summed E-state index contributed by atoms with van der Waals surface area (Å²) >= 11 is 1.86. The normalized spacial score (nSPS) is 14.6. The Morgan fingerprint density at radius 1 is 1.71 bits per heavy atom. The lowest BCUT2D eigenvalue weighted by molar-refractivity contribution is 0.225. The van der Waals surface area contributed by atoms with E-state index in [9.17, 15) is 4.79 Å². The van der Waals surface area contributed by atoms with Crippen molar-refractivity contribution < 1.29 is 9.32 Å². The van der Waals surface area contributed by atoms with Crippen molar-refractivity contribution in [3.63, 3.8) is 0 Å². The Morgan fingerprint density at radius 2 is 2.53 bits per heavy atom. The summed E-state index contributed by atoms with van der Waals surface area (Å²) in [5, 5.41) is 6.37. The van der Waals surface area contributed by atoms with E-state index in [0.29, 0.717) is 12.4 Å². The van der Waals surface area contributed by atoms with Crippen molar-refractivity contribution in [3.05, 3.63) is 23.4 Å². The van der Waals surface area contributed by atoms with Crippen molar-refractivity contribution in [1.82, 2.24) is 10.1 Å². The number of aromatic nitrogens is 1. The molecule has 0 aliphatic carbocycles. The second-order valence-corrected chi connectivity index (χ2v) is 5.03. The maximum atomic E-state index is 11.8. The summed E-state index contributed by atoms with van der Waals surface area (Å²) < 4.78 is 4.93. The van der Waals surface area contributed by atoms with Crippen LogP contribution in [-0.4, -0.2) is 41.2 Å². The molecule has 2 rings (SSSR count). The Bertz CT molecular complexity index is 442. The van der Waals surface area contributed by atoms with E-state index in [1.54, 1.807) is 18.0 Å². The van der Waals surface area contributed by atoms with Crippen molar-refractivity contribution in [2.75, 3.05) is 30.4 Å². The summed E-state index contributed by atoms with van der Waals surface area (Å²) in [5.41, 5.74) is 2.04. The fourth-order valence-electron chi connectivity index (χ4n) is 1.54. The lowest BCUT2D eigenvalue weighted by atomic mass is 10.3. The standard InChI is InChI=1S/C11H15N3O2S/c1-8-5-10(16-13-8)12-11(15)14(2)6-9-3-4-17-7-9/h3,5H,4,6-7H2,1-2H3,(H,12,15). The SMILES string of the molecule is Cc1cc(NC(=O)N(C)CC2=CCSC2)on1. The van der Waals surface area contributed by atoms with Gasteiger partial charge in [0.1, 0.15) is 0 Å². The quantitative estimate of drug-likeness (QED) is 0.838. The third-order valence-corrected chi connectivity index (χ3v) is 3.40. The molecule has 1 aromatic rings. The summed E-state index contributed by atoms with van der Waals surface area (Å²) in [6.45, 7) is 2.47. The zero-order chi connectivity index (χ0) is 12.3. The Labute approximate surface area is 104 Å². The fourth-order valence-corrected chi connectivity index (χ4v) is 2.48. The summed E-state index contributed by atoms with van der Waals surface area (Å²) in [5.74, 6) is 2.44. The van der Waals surface area contributed by atoms with Crippen molar-refractivity contribution >= 4 is 23.7 Å². The van der Waals surface area contributed by atoms with Crippen molar-refractivity contribution in [1.29, 1.82) is 0 Å². The van der Waals surface area contributed by atoms with Crippen LogP contribution >= 0.6 is 11.8 Å². The van der Waals surface area contributed by atoms with Gasteiger partial charge in [-0.15, -0.1) is 0 Å². The topological polar surface area (TPSA) is 58.4 Å². The van der Waals surface area contributed by atoms with E-state index in [0.717, 1.165) is 17.2 Å². The number of aryl methyl sites for hydroxylation is 1. The predicted molar refractivity (Wildman–Crippen MR) is 68.3 cm³/mol. The molecule has 0 saturated heterocycles. The molecule has 0 aromatic carbocycles.